The van der Waals surface area contributed by atoms with Crippen LogP contribution in [0.25, 0.3) is 5.57 Å². The molecule has 1 fully saturated rings. The number of aliphatic imine (C=N–C) groups is 1. The Balaban J connectivity index is 1.80. The number of H-pyrrole nitrogens is 1. The maximum Gasteiger partial charge on any atom is 0.253 e. The molecule has 2 N–H and O–H groups in total. The zero-order valence-electron chi connectivity index (χ0n) is 16.3. The molecular formula is C20H24BrN5O2. The van der Waals surface area contributed by atoms with Gasteiger partial charge in [0.2, 0.25) is 0 Å². The minimum Gasteiger partial charge on any atom is -0.348 e. The van der Waals surface area contributed by atoms with Gasteiger partial charge in [-0.15, -0.1) is 0 Å². The molecule has 0 saturated heterocycles. The summed E-state index contributed by atoms with van der Waals surface area (Å²) in [6.07, 6.45) is 4.92. The van der Waals surface area contributed by atoms with E-state index in [1.807, 2.05) is 31.5 Å². The first-order chi connectivity index (χ1) is 13.3. The molecule has 1 aliphatic rings. The van der Waals surface area contributed by atoms with Crippen molar-refractivity contribution in [3.8, 4) is 0 Å². The number of nitrogens with one attached hydrogen (secondary N) is 2. The second kappa shape index (κ2) is 8.26. The molecule has 0 radical (unpaired) electrons. The molecule has 0 aromatic carbocycles. The summed E-state index contributed by atoms with van der Waals surface area (Å²) in [6.45, 7) is 9.59. The number of carbonyl (C=O) groups is 1. The third-order valence-corrected chi connectivity index (χ3v) is 5.15. The van der Waals surface area contributed by atoms with Gasteiger partial charge in [0, 0.05) is 23.4 Å². The van der Waals surface area contributed by atoms with E-state index in [-0.39, 0.29) is 23.6 Å². The first-order valence-electron chi connectivity index (χ1n) is 9.23. The summed E-state index contributed by atoms with van der Waals surface area (Å²) >= 11 is 3.36. The SMILES string of the molecule is C=C(C(=O)NCc1c(C)cc(C)[nH]c1=O)c1cnn(C2CCC2)c1/N=C(\C)Br. The van der Waals surface area contributed by atoms with Crippen LogP contribution in [0.4, 0.5) is 5.82 Å². The summed E-state index contributed by atoms with van der Waals surface area (Å²) in [5.41, 5.74) is 2.84. The number of pyridine rings is 1. The van der Waals surface area contributed by atoms with Crippen LogP contribution in [0.15, 0.2) is 28.6 Å². The zero-order valence-corrected chi connectivity index (χ0v) is 17.9. The molecule has 8 heteroatoms. The number of nitrogens with zero attached hydrogens (tertiary/aromatic N) is 3. The average Bonchev–Trinajstić information content (AvgIpc) is 2.94. The monoisotopic (exact) mass is 445 g/mol. The number of hydrogen-bond acceptors (Lipinski definition) is 4. The summed E-state index contributed by atoms with van der Waals surface area (Å²) in [5, 5.41) is 7.23. The fraction of sp³-hybridized carbons (Fsp3) is 0.400. The Morgan fingerprint density at radius 3 is 2.75 bits per heavy atom. The minimum absolute atomic E-state index is 0.131. The van der Waals surface area contributed by atoms with Gasteiger partial charge in [-0.05, 0) is 67.6 Å². The molecular weight excluding hydrogens is 422 g/mol. The molecule has 0 aliphatic heterocycles. The Labute approximate surface area is 172 Å². The standard InChI is InChI=1S/C20H24BrN5O2/c1-11-8-12(2)24-20(28)16(11)9-22-19(27)13(3)17-10-23-26(15-6-5-7-15)18(17)25-14(4)21/h8,10,15H,3,5-7,9H2,1-2,4H3,(H,22,27)(H,24,28)/b25-14+. The van der Waals surface area contributed by atoms with E-state index < -0.39 is 0 Å². The van der Waals surface area contributed by atoms with Gasteiger partial charge in [0.15, 0.2) is 5.82 Å². The number of aromatic amines is 1. The predicted molar refractivity (Wildman–Crippen MR) is 114 cm³/mol. The smallest absolute Gasteiger partial charge is 0.253 e. The number of aryl methyl sites for hydroxylation is 2. The quantitative estimate of drug-likeness (QED) is 0.524. The lowest BCUT2D eigenvalue weighted by Crippen LogP contribution is -2.28. The first kappa shape index (κ1) is 20.3. The molecule has 1 amide bonds. The third kappa shape index (κ3) is 4.16. The number of amides is 1. The number of rotatable bonds is 6. The van der Waals surface area contributed by atoms with Crippen LogP contribution in [0, 0.1) is 13.8 Å². The fourth-order valence-corrected chi connectivity index (χ4v) is 3.39. The molecule has 148 valence electrons. The van der Waals surface area contributed by atoms with Crippen LogP contribution in [0.3, 0.4) is 0 Å². The number of aromatic nitrogens is 3. The van der Waals surface area contributed by atoms with Gasteiger partial charge < -0.3 is 10.3 Å². The molecule has 1 aliphatic carbocycles. The van der Waals surface area contributed by atoms with Crippen LogP contribution in [-0.4, -0.2) is 25.3 Å². The van der Waals surface area contributed by atoms with Crippen LogP contribution in [-0.2, 0) is 11.3 Å². The molecule has 0 unspecified atom stereocenters. The largest absolute Gasteiger partial charge is 0.348 e. The molecule has 28 heavy (non-hydrogen) atoms. The molecule has 0 bridgehead atoms. The van der Waals surface area contributed by atoms with Crippen LogP contribution in [0.1, 0.15) is 54.6 Å². The second-order valence-corrected chi connectivity index (χ2v) is 8.27. The van der Waals surface area contributed by atoms with E-state index in [9.17, 15) is 9.59 Å². The van der Waals surface area contributed by atoms with Crippen molar-refractivity contribution in [2.24, 2.45) is 4.99 Å². The molecule has 2 heterocycles. The summed E-state index contributed by atoms with van der Waals surface area (Å²) in [7, 11) is 0. The highest BCUT2D eigenvalue weighted by Crippen LogP contribution is 2.37. The van der Waals surface area contributed by atoms with Gasteiger partial charge >= 0.3 is 0 Å². The molecule has 2 aromatic heterocycles. The van der Waals surface area contributed by atoms with Crippen molar-refractivity contribution in [1.82, 2.24) is 20.1 Å². The maximum atomic E-state index is 12.7. The van der Waals surface area contributed by atoms with Gasteiger partial charge in [0.25, 0.3) is 11.5 Å². The molecule has 1 saturated carbocycles. The first-order valence-corrected chi connectivity index (χ1v) is 10.0. The topological polar surface area (TPSA) is 92.1 Å². The van der Waals surface area contributed by atoms with E-state index >= 15 is 0 Å². The molecule has 2 aromatic rings. The molecule has 7 nitrogen and oxygen atoms in total. The Morgan fingerprint density at radius 1 is 1.46 bits per heavy atom. The number of hydrogen-bond donors (Lipinski definition) is 2. The molecule has 3 rings (SSSR count). The highest BCUT2D eigenvalue weighted by atomic mass is 79.9. The van der Waals surface area contributed by atoms with Crippen LogP contribution in [0.2, 0.25) is 0 Å². The van der Waals surface area contributed by atoms with E-state index in [2.05, 4.69) is 42.9 Å². The van der Waals surface area contributed by atoms with Crippen LogP contribution >= 0.6 is 15.9 Å². The van der Waals surface area contributed by atoms with Gasteiger partial charge in [-0.25, -0.2) is 9.67 Å². The predicted octanol–water partition coefficient (Wildman–Crippen LogP) is 3.69. The lowest BCUT2D eigenvalue weighted by Gasteiger charge is -2.26. The van der Waals surface area contributed by atoms with Crippen molar-refractivity contribution in [3.63, 3.8) is 0 Å². The highest BCUT2D eigenvalue weighted by Gasteiger charge is 2.26. The van der Waals surface area contributed by atoms with Crippen molar-refractivity contribution < 1.29 is 4.79 Å². The van der Waals surface area contributed by atoms with E-state index in [1.54, 1.807) is 6.20 Å². The average molecular weight is 446 g/mol. The van der Waals surface area contributed by atoms with Crippen molar-refractivity contribution in [1.29, 1.82) is 0 Å². The van der Waals surface area contributed by atoms with E-state index in [0.29, 0.717) is 27.6 Å². The van der Waals surface area contributed by atoms with Crippen molar-refractivity contribution in [2.45, 2.75) is 52.6 Å². The van der Waals surface area contributed by atoms with E-state index in [1.165, 1.54) is 6.42 Å². The Hall–Kier alpha value is -2.48. The van der Waals surface area contributed by atoms with Crippen LogP contribution < -0.4 is 10.9 Å². The lowest BCUT2D eigenvalue weighted by molar-refractivity contribution is -0.115. The van der Waals surface area contributed by atoms with Crippen molar-refractivity contribution in [3.05, 3.63) is 51.6 Å². The van der Waals surface area contributed by atoms with Gasteiger partial charge in [0.05, 0.1) is 22.4 Å². The van der Waals surface area contributed by atoms with Crippen molar-refractivity contribution >= 4 is 37.8 Å². The van der Waals surface area contributed by atoms with Crippen LogP contribution in [0.5, 0.6) is 0 Å². The summed E-state index contributed by atoms with van der Waals surface area (Å²) < 4.78 is 2.57. The fourth-order valence-electron chi connectivity index (χ4n) is 3.22. The lowest BCUT2D eigenvalue weighted by atomic mass is 9.93. The molecule has 0 atom stereocenters. The van der Waals surface area contributed by atoms with Gasteiger partial charge in [-0.3, -0.25) is 9.59 Å². The van der Waals surface area contributed by atoms with Gasteiger partial charge in [0.1, 0.15) is 0 Å². The minimum atomic E-state index is -0.351. The number of carbonyl (C=O) groups excluding carboxylic acids is 1. The Bertz CT molecular complexity index is 1010. The summed E-state index contributed by atoms with van der Waals surface area (Å²) in [5.74, 6) is 0.278. The molecule has 0 spiro atoms. The van der Waals surface area contributed by atoms with E-state index in [0.717, 1.165) is 24.1 Å². The highest BCUT2D eigenvalue weighted by molar-refractivity contribution is 9.18. The van der Waals surface area contributed by atoms with Gasteiger partial charge in [-0.2, -0.15) is 5.10 Å². The maximum absolute atomic E-state index is 12.7. The summed E-state index contributed by atoms with van der Waals surface area (Å²) in [4.78, 5) is 32.1. The number of halogens is 1. The zero-order chi connectivity index (χ0) is 20.4. The Kier molecular flexibility index (Phi) is 5.98. The Morgan fingerprint density at radius 2 is 2.18 bits per heavy atom. The normalized spacial score (nSPS) is 14.6. The third-order valence-electron chi connectivity index (χ3n) is 4.97. The second-order valence-electron chi connectivity index (χ2n) is 7.12. The summed E-state index contributed by atoms with van der Waals surface area (Å²) in [6, 6.07) is 2.19. The van der Waals surface area contributed by atoms with Crippen molar-refractivity contribution in [2.75, 3.05) is 0 Å². The van der Waals surface area contributed by atoms with E-state index in [4.69, 9.17) is 0 Å². The van der Waals surface area contributed by atoms with Gasteiger partial charge in [-0.1, -0.05) is 6.58 Å².